The van der Waals surface area contributed by atoms with Gasteiger partial charge in [-0.15, -0.1) is 0 Å². The SMILES string of the molecule is CN1CCN(CN2C(=O)C3C4C=CC(C3C2=O)C2C(=O)N(CN3CCN(C)CC3)C(=O)C42)CC1. The molecule has 184 valence electrons. The van der Waals surface area contributed by atoms with Gasteiger partial charge in [0.25, 0.3) is 0 Å². The minimum absolute atomic E-state index is 0.163. The van der Waals surface area contributed by atoms with E-state index in [1.165, 1.54) is 9.80 Å². The van der Waals surface area contributed by atoms with Crippen LogP contribution in [-0.2, 0) is 19.2 Å². The minimum atomic E-state index is -0.517. The number of likely N-dealkylation sites (N-methyl/N-ethyl adjacent to an activating group) is 2. The fraction of sp³-hybridized carbons (Fsp3) is 0.750. The Kier molecular flexibility index (Phi) is 5.40. The van der Waals surface area contributed by atoms with Crippen LogP contribution in [-0.4, -0.2) is 133 Å². The van der Waals surface area contributed by atoms with Gasteiger partial charge in [0.2, 0.25) is 23.6 Å². The summed E-state index contributed by atoms with van der Waals surface area (Å²) in [6.07, 6.45) is 3.89. The van der Waals surface area contributed by atoms with Crippen LogP contribution in [0.4, 0.5) is 0 Å². The fourth-order valence-electron chi connectivity index (χ4n) is 7.01. The summed E-state index contributed by atoms with van der Waals surface area (Å²) in [5.74, 6) is -3.46. The third-order valence-electron chi connectivity index (χ3n) is 9.07. The summed E-state index contributed by atoms with van der Waals surface area (Å²) in [7, 11) is 4.14. The third kappa shape index (κ3) is 3.30. The summed E-state index contributed by atoms with van der Waals surface area (Å²) in [4.78, 5) is 65.6. The van der Waals surface area contributed by atoms with Crippen molar-refractivity contribution in [1.29, 1.82) is 0 Å². The third-order valence-corrected chi connectivity index (χ3v) is 9.07. The van der Waals surface area contributed by atoms with E-state index in [1.54, 1.807) is 0 Å². The number of rotatable bonds is 4. The molecule has 4 aliphatic heterocycles. The maximum Gasteiger partial charge on any atom is 0.234 e. The molecule has 0 radical (unpaired) electrons. The van der Waals surface area contributed by atoms with Gasteiger partial charge in [-0.3, -0.25) is 38.8 Å². The van der Waals surface area contributed by atoms with E-state index < -0.39 is 23.7 Å². The van der Waals surface area contributed by atoms with Crippen molar-refractivity contribution in [2.75, 3.05) is 79.8 Å². The largest absolute Gasteiger partial charge is 0.304 e. The maximum absolute atomic E-state index is 13.5. The number of hydrogen-bond acceptors (Lipinski definition) is 8. The highest BCUT2D eigenvalue weighted by atomic mass is 16.2. The van der Waals surface area contributed by atoms with Gasteiger partial charge in [0.15, 0.2) is 0 Å². The van der Waals surface area contributed by atoms with Crippen LogP contribution in [0.3, 0.4) is 0 Å². The molecule has 4 heterocycles. The molecule has 0 aromatic rings. The standard InChI is InChI=1S/C24H34N6O4/c1-25-5-9-27(10-6-25)13-29-21(31)17-15-3-4-16(18(17)22(29)32)20-19(15)23(33)30(24(20)34)14-28-11-7-26(2)8-12-28/h3-4,15-20H,5-14H2,1-2H3. The van der Waals surface area contributed by atoms with Crippen LogP contribution in [0.2, 0.25) is 0 Å². The smallest absolute Gasteiger partial charge is 0.234 e. The van der Waals surface area contributed by atoms with Crippen molar-refractivity contribution < 1.29 is 19.2 Å². The van der Waals surface area contributed by atoms with E-state index in [1.807, 2.05) is 12.2 Å². The van der Waals surface area contributed by atoms with Crippen molar-refractivity contribution >= 4 is 23.6 Å². The van der Waals surface area contributed by atoms with Crippen molar-refractivity contribution in [1.82, 2.24) is 29.4 Å². The molecule has 0 N–H and O–H groups in total. The zero-order chi connectivity index (χ0) is 23.7. The number of allylic oxidation sites excluding steroid dienone is 2. The average Bonchev–Trinajstić information content (AvgIpc) is 3.25. The molecule has 7 rings (SSSR count). The van der Waals surface area contributed by atoms with E-state index in [0.29, 0.717) is 13.3 Å². The molecule has 34 heavy (non-hydrogen) atoms. The van der Waals surface area contributed by atoms with Crippen LogP contribution in [0.15, 0.2) is 12.2 Å². The van der Waals surface area contributed by atoms with Crippen LogP contribution < -0.4 is 0 Å². The van der Waals surface area contributed by atoms with Gasteiger partial charge in [0.05, 0.1) is 37.0 Å². The highest BCUT2D eigenvalue weighted by Crippen LogP contribution is 2.57. The molecule has 2 bridgehead atoms. The summed E-state index contributed by atoms with van der Waals surface area (Å²) in [6, 6.07) is 0. The molecule has 10 nitrogen and oxygen atoms in total. The number of piperazine rings is 2. The quantitative estimate of drug-likeness (QED) is 0.359. The second kappa shape index (κ2) is 8.22. The first-order valence-corrected chi connectivity index (χ1v) is 12.6. The van der Waals surface area contributed by atoms with Gasteiger partial charge in [0, 0.05) is 64.2 Å². The second-order valence-electron chi connectivity index (χ2n) is 11.0. The van der Waals surface area contributed by atoms with E-state index in [0.717, 1.165) is 52.4 Å². The second-order valence-corrected chi connectivity index (χ2v) is 11.0. The summed E-state index contributed by atoms with van der Waals surface area (Å²) in [5, 5.41) is 0. The Hall–Kier alpha value is -2.14. The molecular weight excluding hydrogens is 436 g/mol. The van der Waals surface area contributed by atoms with Crippen molar-refractivity contribution in [2.24, 2.45) is 35.5 Å². The first-order valence-electron chi connectivity index (χ1n) is 12.6. The van der Waals surface area contributed by atoms with E-state index in [4.69, 9.17) is 0 Å². The predicted octanol–water partition coefficient (Wildman–Crippen LogP) is -1.59. The molecule has 4 atom stereocenters. The number of carbonyl (C=O) groups excluding carboxylic acids is 4. The molecule has 4 unspecified atom stereocenters. The zero-order valence-electron chi connectivity index (χ0n) is 20.0. The summed E-state index contributed by atoms with van der Waals surface area (Å²) in [5.41, 5.74) is 0. The lowest BCUT2D eigenvalue weighted by Gasteiger charge is -2.44. The van der Waals surface area contributed by atoms with Gasteiger partial charge in [-0.2, -0.15) is 0 Å². The Morgan fingerprint density at radius 2 is 0.853 bits per heavy atom. The highest BCUT2D eigenvalue weighted by Gasteiger charge is 2.68. The molecule has 0 aromatic carbocycles. The van der Waals surface area contributed by atoms with Crippen LogP contribution in [0, 0.1) is 35.5 Å². The number of nitrogens with zero attached hydrogens (tertiary/aromatic N) is 6. The average molecular weight is 471 g/mol. The van der Waals surface area contributed by atoms with Crippen LogP contribution in [0.25, 0.3) is 0 Å². The van der Waals surface area contributed by atoms with Crippen LogP contribution in [0.5, 0.6) is 0 Å². The van der Waals surface area contributed by atoms with Crippen molar-refractivity contribution in [3.8, 4) is 0 Å². The lowest BCUT2D eigenvalue weighted by atomic mass is 9.54. The first-order chi connectivity index (χ1) is 16.3. The highest BCUT2D eigenvalue weighted by molar-refractivity contribution is 6.10. The Morgan fingerprint density at radius 1 is 0.559 bits per heavy atom. The van der Waals surface area contributed by atoms with Gasteiger partial charge in [-0.05, 0) is 14.1 Å². The molecule has 4 amide bonds. The zero-order valence-corrected chi connectivity index (χ0v) is 20.0. The molecule has 0 aromatic heterocycles. The van der Waals surface area contributed by atoms with Crippen molar-refractivity contribution in [2.45, 2.75) is 0 Å². The molecule has 3 aliphatic carbocycles. The van der Waals surface area contributed by atoms with E-state index in [9.17, 15) is 19.2 Å². The van der Waals surface area contributed by atoms with Crippen LogP contribution >= 0.6 is 0 Å². The summed E-state index contributed by atoms with van der Waals surface area (Å²) >= 11 is 0. The summed E-state index contributed by atoms with van der Waals surface area (Å²) in [6.45, 7) is 7.52. The fourth-order valence-corrected chi connectivity index (χ4v) is 7.01. The normalized spacial score (nSPS) is 39.5. The van der Waals surface area contributed by atoms with E-state index in [2.05, 4.69) is 33.7 Å². The van der Waals surface area contributed by atoms with Gasteiger partial charge >= 0.3 is 0 Å². The molecule has 10 heteroatoms. The van der Waals surface area contributed by atoms with E-state index >= 15 is 0 Å². The van der Waals surface area contributed by atoms with Gasteiger partial charge in [-0.25, -0.2) is 0 Å². The number of carbonyl (C=O) groups is 4. The Morgan fingerprint density at radius 3 is 1.15 bits per heavy atom. The number of amides is 4. The predicted molar refractivity (Wildman–Crippen MR) is 122 cm³/mol. The molecule has 5 fully saturated rings. The molecule has 0 spiro atoms. The topological polar surface area (TPSA) is 87.7 Å². The monoisotopic (exact) mass is 470 g/mol. The molecule has 1 saturated carbocycles. The maximum atomic E-state index is 13.5. The van der Waals surface area contributed by atoms with Gasteiger partial charge in [0.1, 0.15) is 0 Å². The van der Waals surface area contributed by atoms with Gasteiger partial charge < -0.3 is 9.80 Å². The lowest BCUT2D eigenvalue weighted by Crippen LogP contribution is -2.50. The van der Waals surface area contributed by atoms with Crippen molar-refractivity contribution in [3.63, 3.8) is 0 Å². The van der Waals surface area contributed by atoms with Crippen molar-refractivity contribution in [3.05, 3.63) is 12.2 Å². The molecule has 7 aliphatic rings. The Bertz CT molecular complexity index is 820. The Balaban J connectivity index is 1.21. The molecule has 4 saturated heterocycles. The number of hydrogen-bond donors (Lipinski definition) is 0. The Labute approximate surface area is 200 Å². The minimum Gasteiger partial charge on any atom is -0.304 e. The first kappa shape index (κ1) is 22.3. The van der Waals surface area contributed by atoms with Gasteiger partial charge in [-0.1, -0.05) is 12.2 Å². The molecular formula is C24H34N6O4. The number of imide groups is 2. The lowest BCUT2D eigenvalue weighted by molar-refractivity contribution is -0.143. The number of likely N-dealkylation sites (tertiary alicyclic amines) is 2. The van der Waals surface area contributed by atoms with Crippen LogP contribution in [0.1, 0.15) is 0 Å². The van der Waals surface area contributed by atoms with E-state index in [-0.39, 0.29) is 35.5 Å². The summed E-state index contributed by atoms with van der Waals surface area (Å²) < 4.78 is 0.